The lowest BCUT2D eigenvalue weighted by atomic mass is 10.2. The number of hydrogen-bond donors (Lipinski definition) is 2. The second-order valence-corrected chi connectivity index (χ2v) is 3.59. The van der Waals surface area contributed by atoms with Crippen molar-refractivity contribution in [2.24, 2.45) is 0 Å². The Kier molecular flexibility index (Phi) is 2.16. The molecule has 1 aliphatic rings. The molecule has 0 amide bonds. The zero-order valence-corrected chi connectivity index (χ0v) is 5.40. The monoisotopic (exact) mass is 134 g/mol. The summed E-state index contributed by atoms with van der Waals surface area (Å²) >= 11 is 1.67. The van der Waals surface area contributed by atoms with Crippen molar-refractivity contribution >= 4 is 11.8 Å². The van der Waals surface area contributed by atoms with E-state index in [1.165, 1.54) is 0 Å². The molecule has 8 heavy (non-hydrogen) atoms. The molecule has 48 valence electrons. The number of thioether (sulfide) groups is 1. The van der Waals surface area contributed by atoms with Crippen molar-refractivity contribution in [1.29, 1.82) is 0 Å². The van der Waals surface area contributed by atoms with E-state index in [1.807, 2.05) is 0 Å². The Bertz CT molecular complexity index is 62.8. The highest BCUT2D eigenvalue weighted by Gasteiger charge is 2.27. The van der Waals surface area contributed by atoms with Gasteiger partial charge in [0.1, 0.15) is 0 Å². The van der Waals surface area contributed by atoms with E-state index in [0.29, 0.717) is 10.5 Å². The van der Waals surface area contributed by atoms with Gasteiger partial charge in [-0.05, 0) is 6.42 Å². The fraction of sp³-hybridized carbons (Fsp3) is 1.00. The fourth-order valence-electron chi connectivity index (χ4n) is 0.789. The maximum absolute atomic E-state index is 8.50. The maximum atomic E-state index is 8.50. The van der Waals surface area contributed by atoms with Gasteiger partial charge in [0.05, 0.1) is 13.2 Å². The molecule has 0 aromatic heterocycles. The third kappa shape index (κ3) is 1.16. The van der Waals surface area contributed by atoms with Crippen molar-refractivity contribution in [2.75, 3.05) is 13.2 Å². The van der Waals surface area contributed by atoms with E-state index in [4.69, 9.17) is 10.2 Å². The largest absolute Gasteiger partial charge is 0.395 e. The summed E-state index contributed by atoms with van der Waals surface area (Å²) in [6, 6.07) is 0. The van der Waals surface area contributed by atoms with Crippen LogP contribution >= 0.6 is 11.8 Å². The molecule has 1 aliphatic heterocycles. The Morgan fingerprint density at radius 1 is 1.25 bits per heavy atom. The lowest BCUT2D eigenvalue weighted by Crippen LogP contribution is -2.31. The average Bonchev–Trinajstić information content (AvgIpc) is 1.65. The van der Waals surface area contributed by atoms with Crippen molar-refractivity contribution in [3.63, 3.8) is 0 Å². The molecule has 1 saturated heterocycles. The molecule has 2 atom stereocenters. The molecule has 1 fully saturated rings. The first-order valence-corrected chi connectivity index (χ1v) is 3.68. The van der Waals surface area contributed by atoms with E-state index in [2.05, 4.69) is 0 Å². The second kappa shape index (κ2) is 2.71. The number of rotatable bonds is 2. The summed E-state index contributed by atoms with van der Waals surface area (Å²) in [6.45, 7) is 0.530. The molecule has 0 aromatic carbocycles. The van der Waals surface area contributed by atoms with Gasteiger partial charge in [-0.2, -0.15) is 11.8 Å². The molecule has 0 unspecified atom stereocenters. The normalized spacial score (nSPS) is 36.8. The van der Waals surface area contributed by atoms with Gasteiger partial charge < -0.3 is 10.2 Å². The Hall–Kier alpha value is 0.270. The molecule has 0 bridgehead atoms. The molecule has 1 heterocycles. The lowest BCUT2D eigenvalue weighted by molar-refractivity contribution is 0.251. The van der Waals surface area contributed by atoms with Crippen LogP contribution in [0.2, 0.25) is 0 Å². The molecule has 0 aliphatic carbocycles. The van der Waals surface area contributed by atoms with Gasteiger partial charge in [0.25, 0.3) is 0 Å². The first-order valence-electron chi connectivity index (χ1n) is 2.74. The molecule has 2 N–H and O–H groups in total. The number of aliphatic hydroxyl groups is 2. The molecule has 1 rings (SSSR count). The van der Waals surface area contributed by atoms with Crippen LogP contribution in [0.15, 0.2) is 0 Å². The summed E-state index contributed by atoms with van der Waals surface area (Å²) in [4.78, 5) is 0. The summed E-state index contributed by atoms with van der Waals surface area (Å²) in [5.74, 6) is 0. The molecule has 0 aromatic rings. The Balaban J connectivity index is 2.03. The van der Waals surface area contributed by atoms with Crippen molar-refractivity contribution in [3.05, 3.63) is 0 Å². The second-order valence-electron chi connectivity index (χ2n) is 1.98. The van der Waals surface area contributed by atoms with Crippen LogP contribution in [0.3, 0.4) is 0 Å². The van der Waals surface area contributed by atoms with Gasteiger partial charge in [-0.15, -0.1) is 0 Å². The van der Waals surface area contributed by atoms with Gasteiger partial charge >= 0.3 is 0 Å². The van der Waals surface area contributed by atoms with E-state index in [-0.39, 0.29) is 13.2 Å². The van der Waals surface area contributed by atoms with Crippen molar-refractivity contribution in [2.45, 2.75) is 16.9 Å². The maximum Gasteiger partial charge on any atom is 0.0550 e. The highest BCUT2D eigenvalue weighted by atomic mass is 32.2. The molecular weight excluding hydrogens is 124 g/mol. The minimum Gasteiger partial charge on any atom is -0.395 e. The predicted octanol–water partition coefficient (Wildman–Crippen LogP) is -0.155. The van der Waals surface area contributed by atoms with Gasteiger partial charge in [-0.25, -0.2) is 0 Å². The average molecular weight is 134 g/mol. The summed E-state index contributed by atoms with van der Waals surface area (Å²) in [5.41, 5.74) is 0. The lowest BCUT2D eigenvalue weighted by Gasteiger charge is -2.31. The van der Waals surface area contributed by atoms with Crippen LogP contribution in [0, 0.1) is 0 Å². The van der Waals surface area contributed by atoms with Crippen LogP contribution in [0.5, 0.6) is 0 Å². The third-order valence-corrected chi connectivity index (χ3v) is 2.77. The van der Waals surface area contributed by atoms with Crippen LogP contribution in [0.1, 0.15) is 6.42 Å². The van der Waals surface area contributed by atoms with Crippen LogP contribution < -0.4 is 0 Å². The van der Waals surface area contributed by atoms with Crippen molar-refractivity contribution in [3.8, 4) is 0 Å². The molecule has 2 nitrogen and oxygen atoms in total. The van der Waals surface area contributed by atoms with Crippen LogP contribution in [-0.4, -0.2) is 33.9 Å². The SMILES string of the molecule is OC[C@@H]1C[C@H](CO)S1. The summed E-state index contributed by atoms with van der Waals surface area (Å²) in [7, 11) is 0. The standard InChI is InChI=1S/C5H10O2S/c6-2-4-1-5(3-7)8-4/h4-7H,1-3H2/t4-,5+. The minimum absolute atomic E-state index is 0.265. The van der Waals surface area contributed by atoms with Gasteiger partial charge in [-0.1, -0.05) is 0 Å². The minimum atomic E-state index is 0.265. The third-order valence-electron chi connectivity index (χ3n) is 1.32. The zero-order valence-electron chi connectivity index (χ0n) is 4.58. The zero-order chi connectivity index (χ0) is 5.98. The van der Waals surface area contributed by atoms with E-state index in [9.17, 15) is 0 Å². The molecule has 0 spiro atoms. The fourth-order valence-corrected chi connectivity index (χ4v) is 1.83. The smallest absolute Gasteiger partial charge is 0.0550 e. The van der Waals surface area contributed by atoms with Crippen molar-refractivity contribution < 1.29 is 10.2 Å². The van der Waals surface area contributed by atoms with Crippen molar-refractivity contribution in [1.82, 2.24) is 0 Å². The van der Waals surface area contributed by atoms with E-state index < -0.39 is 0 Å². The Morgan fingerprint density at radius 3 is 1.88 bits per heavy atom. The Morgan fingerprint density at radius 2 is 1.62 bits per heavy atom. The van der Waals surface area contributed by atoms with E-state index in [0.717, 1.165) is 6.42 Å². The quantitative estimate of drug-likeness (QED) is 0.551. The molecule has 0 radical (unpaired) electrons. The number of aliphatic hydroxyl groups excluding tert-OH is 2. The summed E-state index contributed by atoms with van der Waals surface area (Å²) in [6.07, 6.45) is 0.984. The molecular formula is C5H10O2S. The van der Waals surface area contributed by atoms with Gasteiger partial charge in [0.2, 0.25) is 0 Å². The first-order chi connectivity index (χ1) is 3.86. The summed E-state index contributed by atoms with van der Waals surface area (Å²) in [5, 5.41) is 17.8. The first kappa shape index (κ1) is 6.39. The van der Waals surface area contributed by atoms with Crippen LogP contribution in [-0.2, 0) is 0 Å². The number of hydrogen-bond acceptors (Lipinski definition) is 3. The van der Waals surface area contributed by atoms with Crippen LogP contribution in [0.25, 0.3) is 0 Å². The van der Waals surface area contributed by atoms with Gasteiger partial charge in [0, 0.05) is 10.5 Å². The summed E-state index contributed by atoms with van der Waals surface area (Å²) < 4.78 is 0. The molecule has 3 heteroatoms. The van der Waals surface area contributed by atoms with E-state index >= 15 is 0 Å². The topological polar surface area (TPSA) is 40.5 Å². The molecule has 0 saturated carbocycles. The van der Waals surface area contributed by atoms with Crippen LogP contribution in [0.4, 0.5) is 0 Å². The predicted molar refractivity (Wildman–Crippen MR) is 34.0 cm³/mol. The highest BCUT2D eigenvalue weighted by molar-refractivity contribution is 8.01. The highest BCUT2D eigenvalue weighted by Crippen LogP contribution is 2.35. The van der Waals surface area contributed by atoms with Gasteiger partial charge in [-0.3, -0.25) is 0 Å². The Labute approximate surface area is 52.9 Å². The van der Waals surface area contributed by atoms with E-state index in [1.54, 1.807) is 11.8 Å². The van der Waals surface area contributed by atoms with Gasteiger partial charge in [0.15, 0.2) is 0 Å².